The second-order valence-electron chi connectivity index (χ2n) is 8.02. The molecule has 3 aromatic heterocycles. The number of fused-ring (bicyclic) bond motifs is 1. The Morgan fingerprint density at radius 2 is 1.76 bits per heavy atom. The van der Waals surface area contributed by atoms with Gasteiger partial charge < -0.3 is 21.1 Å². The number of carboxylic acids is 1. The maximum Gasteiger partial charge on any atom is 0.416 e. The van der Waals surface area contributed by atoms with Gasteiger partial charge in [0.05, 0.1) is 42.4 Å². The van der Waals surface area contributed by atoms with Crippen molar-refractivity contribution in [3.8, 4) is 11.3 Å². The van der Waals surface area contributed by atoms with Gasteiger partial charge in [0.2, 0.25) is 0 Å². The molecule has 0 atom stereocenters. The summed E-state index contributed by atoms with van der Waals surface area (Å²) in [6.07, 6.45) is -6.64. The third kappa shape index (κ3) is 7.46. The fraction of sp³-hybridized carbons (Fsp3) is 0.227. The molecule has 3 heterocycles. The van der Waals surface area contributed by atoms with Gasteiger partial charge in [0.15, 0.2) is 5.65 Å². The molecular formula is C22H19ClF5N5O6S2. The highest BCUT2D eigenvalue weighted by Crippen LogP contribution is 2.33. The van der Waals surface area contributed by atoms with Crippen LogP contribution < -0.4 is 10.5 Å². The number of nitrogens with two attached hydrogens (primary N) is 1. The number of nitrogen functional groups attached to an aromatic ring is 1. The Balaban J connectivity index is 0.000000250. The molecule has 0 spiro atoms. The zero-order valence-electron chi connectivity index (χ0n) is 20.2. The van der Waals surface area contributed by atoms with Crippen LogP contribution in [0, 0.1) is 0 Å². The summed E-state index contributed by atoms with van der Waals surface area (Å²) in [4.78, 5) is 15.1. The zero-order valence-corrected chi connectivity index (χ0v) is 22.6. The van der Waals surface area contributed by atoms with Gasteiger partial charge in [0.1, 0.15) is 19.8 Å². The number of carbonyl (C=O) groups is 1. The van der Waals surface area contributed by atoms with E-state index in [1.807, 2.05) is 0 Å². The molecule has 19 heteroatoms. The number of hydrogen-bond donors (Lipinski definition) is 5. The van der Waals surface area contributed by atoms with Gasteiger partial charge in [-0.1, -0.05) is 23.7 Å². The Bertz CT molecular complexity index is 1620. The second kappa shape index (κ2) is 12.6. The summed E-state index contributed by atoms with van der Waals surface area (Å²) in [5, 5.41) is 30.2. The van der Waals surface area contributed by atoms with Gasteiger partial charge in [-0.05, 0) is 24.3 Å². The van der Waals surface area contributed by atoms with E-state index in [4.69, 9.17) is 32.7 Å². The SMILES string of the molecule is Nc1cc(S(=O)(=O)NC(CO)CO)sc1Cl.O=C(O)c1cnn2c(C(F)F)cc(-c3ccc(C(F)(F)F)cc3)nc12. The van der Waals surface area contributed by atoms with E-state index in [-0.39, 0.29) is 31.1 Å². The van der Waals surface area contributed by atoms with Gasteiger partial charge >= 0.3 is 12.1 Å². The van der Waals surface area contributed by atoms with E-state index in [0.29, 0.717) is 4.52 Å². The summed E-state index contributed by atoms with van der Waals surface area (Å²) >= 11 is 6.45. The molecule has 0 radical (unpaired) electrons. The number of benzene rings is 1. The summed E-state index contributed by atoms with van der Waals surface area (Å²) in [7, 11) is -3.80. The molecule has 0 fully saturated rings. The number of rotatable bonds is 8. The predicted molar refractivity (Wildman–Crippen MR) is 137 cm³/mol. The predicted octanol–water partition coefficient (Wildman–Crippen LogP) is 3.67. The standard InChI is InChI=1S/C15H8F5N3O2.C7H11ClN2O4S2/c16-12(17)11-5-10(7-1-3-8(4-2-7)15(18,19)20)22-13-9(14(24)25)6-21-23(11)13;8-7-5(9)1-6(15-7)16(13,14)10-4(2-11)3-12/h1-6,12H,(H,24,25);1,4,10-12H,2-3,9H2. The summed E-state index contributed by atoms with van der Waals surface area (Å²) < 4.78 is 90.6. The molecule has 6 N–H and O–H groups in total. The van der Waals surface area contributed by atoms with Crippen molar-refractivity contribution in [3.63, 3.8) is 0 Å². The number of alkyl halides is 5. The third-order valence-corrected chi connectivity index (χ3v) is 8.56. The number of hydrogen-bond acceptors (Lipinski definition) is 9. The Labute approximate surface area is 236 Å². The minimum Gasteiger partial charge on any atom is -0.477 e. The van der Waals surface area contributed by atoms with Crippen LogP contribution in [0.15, 0.2) is 46.8 Å². The van der Waals surface area contributed by atoms with Gasteiger partial charge in [-0.15, -0.1) is 11.3 Å². The van der Waals surface area contributed by atoms with E-state index in [1.54, 1.807) is 0 Å². The van der Waals surface area contributed by atoms with Gasteiger partial charge in [-0.25, -0.2) is 36.2 Å². The fourth-order valence-corrected chi connectivity index (χ4v) is 5.97. The molecule has 0 saturated carbocycles. The lowest BCUT2D eigenvalue weighted by Gasteiger charge is -2.12. The molecule has 1 aromatic carbocycles. The quantitative estimate of drug-likeness (QED) is 0.179. The number of aromatic carboxylic acids is 1. The average Bonchev–Trinajstić information content (AvgIpc) is 3.50. The van der Waals surface area contributed by atoms with Gasteiger partial charge in [-0.3, -0.25) is 0 Å². The van der Waals surface area contributed by atoms with E-state index in [2.05, 4.69) is 14.8 Å². The van der Waals surface area contributed by atoms with Gasteiger partial charge in [0, 0.05) is 5.56 Å². The van der Waals surface area contributed by atoms with Gasteiger partial charge in [0.25, 0.3) is 16.4 Å². The van der Waals surface area contributed by atoms with Crippen molar-refractivity contribution in [3.05, 3.63) is 63.8 Å². The molecule has 4 aromatic rings. The first-order valence-electron chi connectivity index (χ1n) is 11.0. The van der Waals surface area contributed by atoms with E-state index in [1.165, 1.54) is 6.07 Å². The van der Waals surface area contributed by atoms with E-state index < -0.39 is 64.7 Å². The lowest BCUT2D eigenvalue weighted by Crippen LogP contribution is -2.39. The summed E-state index contributed by atoms with van der Waals surface area (Å²) in [6.45, 7) is -0.991. The van der Waals surface area contributed by atoms with Crippen molar-refractivity contribution in [2.75, 3.05) is 18.9 Å². The lowest BCUT2D eigenvalue weighted by molar-refractivity contribution is -0.137. The van der Waals surface area contributed by atoms with E-state index >= 15 is 0 Å². The van der Waals surface area contributed by atoms with E-state index in [9.17, 15) is 35.2 Å². The first kappa shape index (κ1) is 32.1. The molecule has 11 nitrogen and oxygen atoms in total. The molecule has 0 aliphatic carbocycles. The number of thiophene rings is 1. The van der Waals surface area contributed by atoms with Crippen LogP contribution in [0.25, 0.3) is 16.9 Å². The number of aromatic nitrogens is 3. The van der Waals surface area contributed by atoms with E-state index in [0.717, 1.165) is 47.9 Å². The number of sulfonamides is 1. The highest BCUT2D eigenvalue weighted by molar-refractivity contribution is 7.91. The monoisotopic (exact) mass is 643 g/mol. The fourth-order valence-electron chi connectivity index (χ4n) is 3.17. The number of nitrogens with zero attached hydrogens (tertiary/aromatic N) is 3. The Hall–Kier alpha value is -3.42. The molecule has 222 valence electrons. The number of aliphatic hydroxyl groups is 2. The summed E-state index contributed by atoms with van der Waals surface area (Å²) in [6, 6.07) is 4.98. The van der Waals surface area contributed by atoms with Crippen LogP contribution in [-0.2, 0) is 16.2 Å². The molecule has 0 aliphatic heterocycles. The highest BCUT2D eigenvalue weighted by Gasteiger charge is 2.30. The van der Waals surface area contributed by atoms with Crippen molar-refractivity contribution in [1.29, 1.82) is 0 Å². The highest BCUT2D eigenvalue weighted by atomic mass is 35.5. The maximum atomic E-state index is 13.2. The number of nitrogens with one attached hydrogen (secondary N) is 1. The Morgan fingerprint density at radius 1 is 1.15 bits per heavy atom. The average molecular weight is 644 g/mol. The zero-order chi connectivity index (χ0) is 30.7. The van der Waals surface area contributed by atoms with Crippen LogP contribution in [0.4, 0.5) is 27.6 Å². The van der Waals surface area contributed by atoms with Crippen LogP contribution in [0.1, 0.15) is 28.0 Å². The third-order valence-electron chi connectivity index (χ3n) is 5.18. The molecule has 4 rings (SSSR count). The summed E-state index contributed by atoms with van der Waals surface area (Å²) in [5.74, 6) is -1.41. The minimum atomic E-state index is -4.54. The molecule has 0 bridgehead atoms. The molecule has 0 saturated heterocycles. The van der Waals surface area contributed by atoms with Crippen molar-refractivity contribution < 1.29 is 50.5 Å². The van der Waals surface area contributed by atoms with Crippen LogP contribution in [0.5, 0.6) is 0 Å². The maximum absolute atomic E-state index is 13.2. The first-order valence-corrected chi connectivity index (χ1v) is 13.6. The lowest BCUT2D eigenvalue weighted by atomic mass is 10.1. The molecule has 0 aliphatic rings. The Morgan fingerprint density at radius 3 is 2.22 bits per heavy atom. The molecular weight excluding hydrogens is 625 g/mol. The molecule has 41 heavy (non-hydrogen) atoms. The second-order valence-corrected chi connectivity index (χ2v) is 11.6. The minimum absolute atomic E-state index is 0.0538. The Kier molecular flexibility index (Phi) is 9.88. The normalized spacial score (nSPS) is 12.1. The topological polar surface area (TPSA) is 180 Å². The molecule has 0 unspecified atom stereocenters. The largest absolute Gasteiger partial charge is 0.477 e. The van der Waals surface area contributed by atoms with Crippen LogP contribution in [0.2, 0.25) is 4.34 Å². The smallest absolute Gasteiger partial charge is 0.416 e. The van der Waals surface area contributed by atoms with Crippen molar-refractivity contribution in [1.82, 2.24) is 19.3 Å². The van der Waals surface area contributed by atoms with Crippen LogP contribution in [0.3, 0.4) is 0 Å². The van der Waals surface area contributed by atoms with Crippen molar-refractivity contribution >= 4 is 50.3 Å². The number of halogens is 6. The number of carboxylic acid groups (broad SMARTS) is 1. The van der Waals surface area contributed by atoms with Gasteiger partial charge in [-0.2, -0.15) is 18.3 Å². The van der Waals surface area contributed by atoms with Crippen molar-refractivity contribution in [2.45, 2.75) is 22.9 Å². The summed E-state index contributed by atoms with van der Waals surface area (Å²) in [5.41, 5.74) is 3.42. The van der Waals surface area contributed by atoms with Crippen molar-refractivity contribution in [2.24, 2.45) is 0 Å². The number of aliphatic hydroxyl groups excluding tert-OH is 2. The van der Waals surface area contributed by atoms with Crippen LogP contribution >= 0.6 is 22.9 Å². The molecule has 0 amide bonds. The van der Waals surface area contributed by atoms with Crippen LogP contribution in [-0.4, -0.2) is 63.6 Å². The number of anilines is 1. The first-order chi connectivity index (χ1) is 19.1.